The van der Waals surface area contributed by atoms with Gasteiger partial charge in [-0.1, -0.05) is 85.9 Å². The average molecular weight is 436 g/mol. The molecule has 0 amide bonds. The topological polar surface area (TPSA) is 40.5 Å². The first-order valence-electron chi connectivity index (χ1n) is 8.57. The Labute approximate surface area is 174 Å². The van der Waals surface area contributed by atoms with Gasteiger partial charge in [-0.15, -0.1) is 0 Å². The van der Waals surface area contributed by atoms with E-state index >= 15 is 0 Å². The summed E-state index contributed by atoms with van der Waals surface area (Å²) in [6.07, 6.45) is 5.22. The molecule has 0 bridgehead atoms. The Morgan fingerprint density at radius 3 is 1.46 bits per heavy atom. The van der Waals surface area contributed by atoms with Crippen LogP contribution in [0.15, 0.2) is 24.3 Å². The highest BCUT2D eigenvalue weighted by atomic mass is 35.5. The molecular formula is C20H22Cl4O2. The Kier molecular flexibility index (Phi) is 7.38. The molecule has 0 aromatic heterocycles. The third-order valence-electron chi connectivity index (χ3n) is 4.84. The zero-order chi connectivity index (χ0) is 19.5. The molecule has 2 rings (SSSR count). The average Bonchev–Trinajstić information content (AvgIpc) is 2.60. The van der Waals surface area contributed by atoms with Gasteiger partial charge in [-0.3, -0.25) is 0 Å². The molecule has 142 valence electrons. The highest BCUT2D eigenvalue weighted by Gasteiger charge is 2.31. The summed E-state index contributed by atoms with van der Waals surface area (Å²) in [5.74, 6) is -0.264. The maximum Gasteiger partial charge on any atom is 0.152 e. The van der Waals surface area contributed by atoms with Crippen LogP contribution in [0.25, 0.3) is 0 Å². The van der Waals surface area contributed by atoms with E-state index in [-0.39, 0.29) is 31.6 Å². The molecule has 0 saturated heterocycles. The lowest BCUT2D eigenvalue weighted by Crippen LogP contribution is -2.24. The first kappa shape index (κ1) is 21.5. The monoisotopic (exact) mass is 434 g/mol. The van der Waals surface area contributed by atoms with Gasteiger partial charge in [-0.2, -0.15) is 0 Å². The number of hydrogen-bond acceptors (Lipinski definition) is 2. The number of halogens is 4. The summed E-state index contributed by atoms with van der Waals surface area (Å²) in [5, 5.41) is 20.6. The minimum Gasteiger partial charge on any atom is -0.505 e. The second-order valence-corrected chi connectivity index (χ2v) is 8.35. The van der Waals surface area contributed by atoms with E-state index in [4.69, 9.17) is 46.4 Å². The van der Waals surface area contributed by atoms with E-state index in [0.717, 1.165) is 43.2 Å². The maximum atomic E-state index is 9.90. The van der Waals surface area contributed by atoms with Crippen LogP contribution in [0.5, 0.6) is 11.5 Å². The van der Waals surface area contributed by atoms with Crippen LogP contribution in [-0.4, -0.2) is 10.2 Å². The van der Waals surface area contributed by atoms with Crippen LogP contribution in [0.1, 0.15) is 57.1 Å². The summed E-state index contributed by atoms with van der Waals surface area (Å²) in [7, 11) is 0. The van der Waals surface area contributed by atoms with E-state index in [1.807, 2.05) is 0 Å². The summed E-state index contributed by atoms with van der Waals surface area (Å²) in [6.45, 7) is 4.23. The largest absolute Gasteiger partial charge is 0.505 e. The molecule has 0 spiro atoms. The molecule has 0 aliphatic heterocycles. The lowest BCUT2D eigenvalue weighted by Gasteiger charge is -2.32. The summed E-state index contributed by atoms with van der Waals surface area (Å²) >= 11 is 24.6. The SMILES string of the molecule is CCCCCCC(C)(c1cc(Cl)c(O)c(Cl)c1)c1cc(Cl)c(O)c(Cl)c1. The fourth-order valence-electron chi connectivity index (χ4n) is 3.13. The van der Waals surface area contributed by atoms with Crippen molar-refractivity contribution >= 4 is 46.4 Å². The minimum absolute atomic E-state index is 0.132. The van der Waals surface area contributed by atoms with Crippen LogP contribution in [0, 0.1) is 0 Å². The molecule has 0 fully saturated rings. The van der Waals surface area contributed by atoms with Crippen molar-refractivity contribution < 1.29 is 10.2 Å². The number of phenols is 2. The van der Waals surface area contributed by atoms with E-state index in [1.54, 1.807) is 24.3 Å². The Balaban J connectivity index is 2.56. The maximum absolute atomic E-state index is 9.90. The summed E-state index contributed by atoms with van der Waals surface area (Å²) in [6, 6.07) is 6.88. The fraction of sp³-hybridized carbons (Fsp3) is 0.400. The van der Waals surface area contributed by atoms with Crippen LogP contribution < -0.4 is 0 Å². The molecule has 6 heteroatoms. The van der Waals surface area contributed by atoms with Crippen molar-refractivity contribution in [3.8, 4) is 11.5 Å². The Morgan fingerprint density at radius 2 is 1.12 bits per heavy atom. The van der Waals surface area contributed by atoms with Crippen molar-refractivity contribution in [2.24, 2.45) is 0 Å². The lowest BCUT2D eigenvalue weighted by atomic mass is 9.72. The molecule has 0 atom stereocenters. The van der Waals surface area contributed by atoms with Crippen LogP contribution in [0.2, 0.25) is 20.1 Å². The van der Waals surface area contributed by atoms with Gasteiger partial charge in [0.15, 0.2) is 11.5 Å². The van der Waals surface area contributed by atoms with Gasteiger partial charge >= 0.3 is 0 Å². The van der Waals surface area contributed by atoms with Gasteiger partial charge in [0, 0.05) is 5.41 Å². The Hall–Kier alpha value is -0.800. The van der Waals surface area contributed by atoms with Gasteiger partial charge < -0.3 is 10.2 Å². The number of unbranched alkanes of at least 4 members (excludes halogenated alkanes) is 3. The first-order valence-corrected chi connectivity index (χ1v) is 10.1. The predicted octanol–water partition coefficient (Wildman–Crippen LogP) is 7.99. The predicted molar refractivity (Wildman–Crippen MR) is 111 cm³/mol. The first-order chi connectivity index (χ1) is 12.2. The molecular weight excluding hydrogens is 414 g/mol. The van der Waals surface area contributed by atoms with Gasteiger partial charge in [-0.25, -0.2) is 0 Å². The molecule has 2 nitrogen and oxygen atoms in total. The lowest BCUT2D eigenvalue weighted by molar-refractivity contribution is 0.463. The van der Waals surface area contributed by atoms with Crippen molar-refractivity contribution in [2.45, 2.75) is 51.4 Å². The zero-order valence-electron chi connectivity index (χ0n) is 14.8. The highest BCUT2D eigenvalue weighted by molar-refractivity contribution is 6.37. The fourth-order valence-corrected chi connectivity index (χ4v) is 4.10. The van der Waals surface area contributed by atoms with Crippen molar-refractivity contribution in [2.75, 3.05) is 0 Å². The third-order valence-corrected chi connectivity index (χ3v) is 5.99. The van der Waals surface area contributed by atoms with Crippen molar-refractivity contribution in [3.63, 3.8) is 0 Å². The third kappa shape index (κ3) is 4.54. The van der Waals surface area contributed by atoms with Crippen molar-refractivity contribution in [1.82, 2.24) is 0 Å². The van der Waals surface area contributed by atoms with Gasteiger partial charge in [0.05, 0.1) is 20.1 Å². The molecule has 0 aliphatic rings. The van der Waals surface area contributed by atoms with E-state index < -0.39 is 5.41 Å². The van der Waals surface area contributed by atoms with Gasteiger partial charge in [-0.05, 0) is 41.8 Å². The second-order valence-electron chi connectivity index (χ2n) is 6.72. The molecule has 2 aromatic carbocycles. The minimum atomic E-state index is -0.476. The number of hydrogen-bond donors (Lipinski definition) is 2. The van der Waals surface area contributed by atoms with Gasteiger partial charge in [0.2, 0.25) is 0 Å². The van der Waals surface area contributed by atoms with Crippen LogP contribution in [0.3, 0.4) is 0 Å². The van der Waals surface area contributed by atoms with Gasteiger partial charge in [0.1, 0.15) is 0 Å². The van der Waals surface area contributed by atoms with E-state index in [0.29, 0.717) is 0 Å². The molecule has 0 unspecified atom stereocenters. The van der Waals surface area contributed by atoms with E-state index in [2.05, 4.69) is 13.8 Å². The van der Waals surface area contributed by atoms with E-state index in [1.165, 1.54) is 0 Å². The molecule has 0 saturated carbocycles. The number of phenolic OH excluding ortho intramolecular Hbond substituents is 2. The standard InChI is InChI=1S/C20H22Cl4O2/c1-3-4-5-6-7-20(2,12-8-14(21)18(25)15(22)9-12)13-10-16(23)19(26)17(24)11-13/h8-11,25-26H,3-7H2,1-2H3. The van der Waals surface area contributed by atoms with Crippen LogP contribution in [-0.2, 0) is 5.41 Å². The van der Waals surface area contributed by atoms with Crippen molar-refractivity contribution in [3.05, 3.63) is 55.5 Å². The summed E-state index contributed by atoms with van der Waals surface area (Å²) in [5.41, 5.74) is 1.25. The Morgan fingerprint density at radius 1 is 0.731 bits per heavy atom. The normalized spacial score (nSPS) is 11.8. The zero-order valence-corrected chi connectivity index (χ0v) is 17.8. The Bertz CT molecular complexity index is 686. The quantitative estimate of drug-likeness (QED) is 0.432. The molecule has 0 radical (unpaired) electrons. The second kappa shape index (κ2) is 8.93. The molecule has 0 aliphatic carbocycles. The number of rotatable bonds is 7. The molecule has 2 aromatic rings. The van der Waals surface area contributed by atoms with Crippen LogP contribution >= 0.6 is 46.4 Å². The smallest absolute Gasteiger partial charge is 0.152 e. The van der Waals surface area contributed by atoms with Crippen molar-refractivity contribution in [1.29, 1.82) is 0 Å². The highest BCUT2D eigenvalue weighted by Crippen LogP contribution is 2.45. The molecule has 0 heterocycles. The molecule has 2 N–H and O–H groups in total. The van der Waals surface area contributed by atoms with Crippen LogP contribution in [0.4, 0.5) is 0 Å². The van der Waals surface area contributed by atoms with E-state index in [9.17, 15) is 10.2 Å². The number of benzene rings is 2. The van der Waals surface area contributed by atoms with Gasteiger partial charge in [0.25, 0.3) is 0 Å². The molecule has 26 heavy (non-hydrogen) atoms. The number of aromatic hydroxyl groups is 2. The summed E-state index contributed by atoms with van der Waals surface area (Å²) in [4.78, 5) is 0. The summed E-state index contributed by atoms with van der Waals surface area (Å²) < 4.78 is 0.